The molecule has 2 rings (SSSR count). The van der Waals surface area contributed by atoms with Gasteiger partial charge in [0, 0.05) is 12.6 Å². The third-order valence-electron chi connectivity index (χ3n) is 2.26. The first-order valence-electron chi connectivity index (χ1n) is 4.66. The summed E-state index contributed by atoms with van der Waals surface area (Å²) in [6.45, 7) is 0. The zero-order valence-corrected chi connectivity index (χ0v) is 11.1. The molecule has 0 saturated carbocycles. The van der Waals surface area contributed by atoms with Crippen molar-refractivity contribution in [3.63, 3.8) is 0 Å². The highest BCUT2D eigenvalue weighted by molar-refractivity contribution is 8.26. The van der Waals surface area contributed by atoms with Gasteiger partial charge >= 0.3 is 0 Å². The lowest BCUT2D eigenvalue weighted by Crippen LogP contribution is -2.22. The van der Waals surface area contributed by atoms with E-state index in [-0.39, 0.29) is 16.5 Å². The number of rotatable bonds is 1. The van der Waals surface area contributed by atoms with E-state index >= 15 is 0 Å². The molecule has 0 unspecified atom stereocenters. The molecule has 0 aromatic heterocycles. The molecule has 0 radical (unpaired) electrons. The largest absolute Gasteiger partial charge is 0.296 e. The monoisotopic (exact) mass is 287 g/mol. The Hall–Kier alpha value is -0.910. The molecule has 2 nitrogen and oxygen atoms in total. The molecule has 1 aromatic rings. The summed E-state index contributed by atoms with van der Waals surface area (Å²) in [6, 6.07) is 4.38. The van der Waals surface area contributed by atoms with Gasteiger partial charge in [-0.15, -0.1) is 0 Å². The zero-order chi connectivity index (χ0) is 12.6. The van der Waals surface area contributed by atoms with Gasteiger partial charge in [-0.3, -0.25) is 9.69 Å². The molecule has 0 N–H and O–H groups in total. The molecule has 1 aliphatic rings. The number of hydrogen-bond acceptors (Lipinski definition) is 3. The van der Waals surface area contributed by atoms with Gasteiger partial charge < -0.3 is 0 Å². The second-order valence-corrected chi connectivity index (χ2v) is 5.46. The van der Waals surface area contributed by atoms with Crippen molar-refractivity contribution in [2.75, 3.05) is 7.05 Å². The molecule has 1 saturated heterocycles. The smallest absolute Gasteiger partial charge is 0.265 e. The maximum Gasteiger partial charge on any atom is 0.265 e. The fourth-order valence-electron chi connectivity index (χ4n) is 1.33. The first-order chi connectivity index (χ1) is 8.00. The summed E-state index contributed by atoms with van der Waals surface area (Å²) in [7, 11) is 1.58. The Morgan fingerprint density at radius 1 is 1.53 bits per heavy atom. The lowest BCUT2D eigenvalue weighted by molar-refractivity contribution is -0.121. The summed E-state index contributed by atoms with van der Waals surface area (Å²) in [5.74, 6) is -0.696. The standard InChI is InChI=1S/C11H7ClFNOS2/c1-14-10(15)9(17-11(14)16)5-6-7(12)3-2-4-8(6)13/h2-5H,1H3/b9-5-. The molecule has 6 heteroatoms. The van der Waals surface area contributed by atoms with Gasteiger partial charge in [0.25, 0.3) is 5.91 Å². The molecule has 1 fully saturated rings. The normalized spacial score (nSPS) is 18.3. The van der Waals surface area contributed by atoms with Gasteiger partial charge in [-0.05, 0) is 18.2 Å². The van der Waals surface area contributed by atoms with E-state index in [4.69, 9.17) is 23.8 Å². The maximum absolute atomic E-state index is 13.5. The summed E-state index contributed by atoms with van der Waals surface area (Å²) in [4.78, 5) is 13.5. The summed E-state index contributed by atoms with van der Waals surface area (Å²) >= 11 is 12.0. The van der Waals surface area contributed by atoms with Crippen LogP contribution in [0.15, 0.2) is 23.1 Å². The Balaban J connectivity index is 2.44. The maximum atomic E-state index is 13.5. The highest BCUT2D eigenvalue weighted by Crippen LogP contribution is 2.33. The fourth-order valence-corrected chi connectivity index (χ4v) is 2.70. The third kappa shape index (κ3) is 2.36. The van der Waals surface area contributed by atoms with Crippen molar-refractivity contribution in [3.05, 3.63) is 39.5 Å². The Morgan fingerprint density at radius 2 is 2.24 bits per heavy atom. The molecule has 0 bridgehead atoms. The van der Waals surface area contributed by atoms with Crippen LogP contribution in [-0.2, 0) is 4.79 Å². The van der Waals surface area contributed by atoms with Gasteiger partial charge in [0.05, 0.1) is 9.93 Å². The quantitative estimate of drug-likeness (QED) is 0.584. The number of carbonyl (C=O) groups excluding carboxylic acids is 1. The predicted molar refractivity (Wildman–Crippen MR) is 72.3 cm³/mol. The van der Waals surface area contributed by atoms with Gasteiger partial charge in [-0.25, -0.2) is 4.39 Å². The van der Waals surface area contributed by atoms with E-state index < -0.39 is 5.82 Å². The van der Waals surface area contributed by atoms with Crippen LogP contribution in [0.4, 0.5) is 4.39 Å². The first-order valence-corrected chi connectivity index (χ1v) is 6.26. The van der Waals surface area contributed by atoms with Crippen molar-refractivity contribution >= 4 is 51.9 Å². The molecule has 88 valence electrons. The topological polar surface area (TPSA) is 20.3 Å². The summed E-state index contributed by atoms with van der Waals surface area (Å²) in [5, 5.41) is 0.270. The molecule has 0 aliphatic carbocycles. The number of thioether (sulfide) groups is 1. The predicted octanol–water partition coefficient (Wildman–Crippen LogP) is 3.31. The van der Waals surface area contributed by atoms with Crippen molar-refractivity contribution in [2.24, 2.45) is 0 Å². The number of benzene rings is 1. The van der Waals surface area contributed by atoms with Crippen LogP contribution in [0.3, 0.4) is 0 Å². The number of thiocarbonyl (C=S) groups is 1. The SMILES string of the molecule is CN1C(=O)/C(=C/c2c(F)cccc2Cl)SC1=S. The molecular formula is C11H7ClFNOS2. The van der Waals surface area contributed by atoms with Crippen LogP contribution in [0.25, 0.3) is 6.08 Å². The number of nitrogens with zero attached hydrogens (tertiary/aromatic N) is 1. The second kappa shape index (κ2) is 4.76. The van der Waals surface area contributed by atoms with Crippen LogP contribution in [0.2, 0.25) is 5.02 Å². The van der Waals surface area contributed by atoms with E-state index in [1.54, 1.807) is 13.1 Å². The Labute approximate surface area is 112 Å². The number of carbonyl (C=O) groups is 1. The number of halogens is 2. The van der Waals surface area contributed by atoms with Crippen molar-refractivity contribution in [1.82, 2.24) is 4.90 Å². The summed E-state index contributed by atoms with van der Waals surface area (Å²) in [6.07, 6.45) is 1.43. The molecule has 1 heterocycles. The van der Waals surface area contributed by atoms with Crippen molar-refractivity contribution < 1.29 is 9.18 Å². The number of hydrogen-bond donors (Lipinski definition) is 0. The second-order valence-electron chi connectivity index (χ2n) is 3.38. The summed E-state index contributed by atoms with van der Waals surface area (Å²) in [5.41, 5.74) is 0.211. The number of amides is 1. The van der Waals surface area contributed by atoms with Crippen molar-refractivity contribution in [3.8, 4) is 0 Å². The summed E-state index contributed by atoms with van der Waals surface area (Å²) < 4.78 is 14.0. The number of likely N-dealkylation sites (N-methyl/N-ethyl adjacent to an activating group) is 1. The van der Waals surface area contributed by atoms with E-state index in [0.29, 0.717) is 9.23 Å². The molecule has 1 aliphatic heterocycles. The Kier molecular flexibility index (Phi) is 3.51. The molecule has 17 heavy (non-hydrogen) atoms. The Bertz CT molecular complexity index is 524. The van der Waals surface area contributed by atoms with Crippen LogP contribution in [0.5, 0.6) is 0 Å². The van der Waals surface area contributed by atoms with Gasteiger partial charge in [-0.2, -0.15) is 0 Å². The van der Waals surface area contributed by atoms with Crippen LogP contribution >= 0.6 is 35.6 Å². The minimum atomic E-state index is -0.459. The van der Waals surface area contributed by atoms with E-state index in [9.17, 15) is 9.18 Å². The van der Waals surface area contributed by atoms with Crippen LogP contribution in [0, 0.1) is 5.82 Å². The first kappa shape index (κ1) is 12.5. The molecular weight excluding hydrogens is 281 g/mol. The lowest BCUT2D eigenvalue weighted by atomic mass is 10.2. The minimum absolute atomic E-state index is 0.211. The molecule has 1 amide bonds. The van der Waals surface area contributed by atoms with Gasteiger partial charge in [0.2, 0.25) is 0 Å². The average molecular weight is 288 g/mol. The highest BCUT2D eigenvalue weighted by atomic mass is 35.5. The van der Waals surface area contributed by atoms with Crippen molar-refractivity contribution in [2.45, 2.75) is 0 Å². The van der Waals surface area contributed by atoms with Crippen LogP contribution < -0.4 is 0 Å². The zero-order valence-electron chi connectivity index (χ0n) is 8.74. The van der Waals surface area contributed by atoms with E-state index in [1.165, 1.54) is 23.1 Å². The highest BCUT2D eigenvalue weighted by Gasteiger charge is 2.29. The van der Waals surface area contributed by atoms with Crippen LogP contribution in [-0.4, -0.2) is 22.2 Å². The van der Waals surface area contributed by atoms with E-state index in [0.717, 1.165) is 11.8 Å². The molecule has 1 aromatic carbocycles. The Morgan fingerprint density at radius 3 is 2.76 bits per heavy atom. The van der Waals surface area contributed by atoms with Gasteiger partial charge in [0.1, 0.15) is 10.1 Å². The van der Waals surface area contributed by atoms with E-state index in [2.05, 4.69) is 0 Å². The molecule has 0 atom stereocenters. The van der Waals surface area contributed by atoms with Crippen molar-refractivity contribution in [1.29, 1.82) is 0 Å². The fraction of sp³-hybridized carbons (Fsp3) is 0.0909. The van der Waals surface area contributed by atoms with Gasteiger partial charge in [0.15, 0.2) is 0 Å². The van der Waals surface area contributed by atoms with E-state index in [1.807, 2.05) is 0 Å². The van der Waals surface area contributed by atoms with Gasteiger partial charge in [-0.1, -0.05) is 41.6 Å². The average Bonchev–Trinajstić information content (AvgIpc) is 2.52. The third-order valence-corrected chi connectivity index (χ3v) is 4.08. The minimum Gasteiger partial charge on any atom is -0.296 e. The lowest BCUT2D eigenvalue weighted by Gasteiger charge is -2.04. The molecule has 0 spiro atoms. The van der Waals surface area contributed by atoms with Crippen LogP contribution in [0.1, 0.15) is 5.56 Å².